The molecule has 4 nitrogen and oxygen atoms in total. The molecule has 0 bridgehead atoms. The molecule has 0 aliphatic heterocycles. The van der Waals surface area contributed by atoms with E-state index in [1.165, 1.54) is 11.3 Å². The van der Waals surface area contributed by atoms with Gasteiger partial charge in [0.15, 0.2) is 0 Å². The number of aromatic nitrogens is 1. The molecule has 0 fully saturated rings. The van der Waals surface area contributed by atoms with Crippen molar-refractivity contribution in [2.75, 3.05) is 0 Å². The van der Waals surface area contributed by atoms with Crippen molar-refractivity contribution in [1.82, 2.24) is 9.37 Å². The minimum atomic E-state index is -2.94. The predicted molar refractivity (Wildman–Crippen MR) is 81.0 cm³/mol. The van der Waals surface area contributed by atoms with Gasteiger partial charge in [0.05, 0.1) is 10.7 Å². The van der Waals surface area contributed by atoms with Gasteiger partial charge in [0.2, 0.25) is 0 Å². The van der Waals surface area contributed by atoms with Crippen LogP contribution in [0.25, 0.3) is 0 Å². The van der Waals surface area contributed by atoms with Crippen molar-refractivity contribution in [3.05, 3.63) is 10.7 Å². The first kappa shape index (κ1) is 15.8. The molecule has 1 heterocycles. The van der Waals surface area contributed by atoms with Gasteiger partial charge in [0, 0.05) is 0 Å². The largest absolute Gasteiger partial charge is 0.248 e. The zero-order valence-corrected chi connectivity index (χ0v) is 14.8. The Labute approximate surface area is 115 Å². The average Bonchev–Trinajstić information content (AvgIpc) is 2.41. The summed E-state index contributed by atoms with van der Waals surface area (Å²) in [7, 11) is -4.91. The number of hydrogen-bond acceptors (Lipinski definition) is 4. The topological polar surface area (TPSA) is 65.8 Å². The summed E-state index contributed by atoms with van der Waals surface area (Å²) in [6, 6.07) is 0. The summed E-state index contributed by atoms with van der Waals surface area (Å²) in [5.41, 5.74) is 0.712. The monoisotopic (exact) mass is 305 g/mol. The Kier molecular flexibility index (Phi) is 4.13. The van der Waals surface area contributed by atoms with E-state index in [9.17, 15) is 4.21 Å². The van der Waals surface area contributed by atoms with E-state index in [-0.39, 0.29) is 5.04 Å². The van der Waals surface area contributed by atoms with E-state index >= 15 is 0 Å². The number of aryl methyl sites for hydroxylation is 2. The van der Waals surface area contributed by atoms with Gasteiger partial charge in [-0.3, -0.25) is 0 Å². The zero-order valence-electron chi connectivity index (χ0n) is 12.2. The molecule has 0 radical (unpaired) electrons. The molecule has 0 amide bonds. The molecule has 0 spiro atoms. The van der Waals surface area contributed by atoms with Crippen LogP contribution in [0.5, 0.6) is 0 Å². The summed E-state index contributed by atoms with van der Waals surface area (Å²) in [5.74, 6) is 0. The van der Waals surface area contributed by atoms with Crippen molar-refractivity contribution in [2.24, 2.45) is 0 Å². The van der Waals surface area contributed by atoms with Gasteiger partial charge in [0.1, 0.15) is 22.4 Å². The normalized spacial score (nSPS) is 16.6. The summed E-state index contributed by atoms with van der Waals surface area (Å²) >= 11 is 1.36. The zero-order chi connectivity index (χ0) is 14.4. The maximum atomic E-state index is 12.6. The smallest absolute Gasteiger partial charge is 0.140 e. The fraction of sp³-hybridized carbons (Fsp3) is 0.727. The van der Waals surface area contributed by atoms with E-state index in [1.807, 2.05) is 13.8 Å². The van der Waals surface area contributed by atoms with Crippen LogP contribution in [-0.2, 0) is 9.92 Å². The summed E-state index contributed by atoms with van der Waals surface area (Å²) in [4.78, 5) is 4.26. The molecule has 1 rings (SSSR count). The molecule has 0 aromatic carbocycles. The average molecular weight is 306 g/mol. The van der Waals surface area contributed by atoms with Gasteiger partial charge in [-0.05, 0) is 18.9 Å². The quantitative estimate of drug-likeness (QED) is 0.837. The summed E-state index contributed by atoms with van der Waals surface area (Å²) in [6.07, 6.45) is 0. The molecule has 0 aliphatic rings. The Hall–Kier alpha value is -0.243. The third-order valence-electron chi connectivity index (χ3n) is 3.40. The highest BCUT2D eigenvalue weighted by Crippen LogP contribution is 2.35. The molecule has 1 aromatic rings. The van der Waals surface area contributed by atoms with Crippen molar-refractivity contribution in [3.8, 4) is 0 Å². The van der Waals surface area contributed by atoms with Crippen LogP contribution < -0.4 is 4.39 Å². The lowest BCUT2D eigenvalue weighted by Gasteiger charge is -2.37. The third-order valence-corrected chi connectivity index (χ3v) is 13.0. The van der Waals surface area contributed by atoms with Crippen LogP contribution in [0.4, 0.5) is 0 Å². The van der Waals surface area contributed by atoms with E-state index in [0.717, 1.165) is 5.01 Å². The number of thiazole rings is 1. The Morgan fingerprint density at radius 1 is 1.33 bits per heavy atom. The lowest BCUT2D eigenvalue weighted by atomic mass is 10.2. The van der Waals surface area contributed by atoms with Gasteiger partial charge >= 0.3 is 0 Å². The van der Waals surface area contributed by atoms with E-state index in [2.05, 4.69) is 43.2 Å². The molecule has 0 saturated carbocycles. The van der Waals surface area contributed by atoms with Gasteiger partial charge in [-0.2, -0.15) is 0 Å². The fourth-order valence-electron chi connectivity index (χ4n) is 1.34. The summed E-state index contributed by atoms with van der Waals surface area (Å²) in [5, 5.41) is 0.907. The minimum absolute atomic E-state index is 0.0460. The molecule has 0 saturated heterocycles. The number of nitrogens with one attached hydrogen (secondary N) is 2. The van der Waals surface area contributed by atoms with Crippen molar-refractivity contribution < 1.29 is 4.21 Å². The van der Waals surface area contributed by atoms with Crippen LogP contribution >= 0.6 is 11.3 Å². The first-order valence-electron chi connectivity index (χ1n) is 5.88. The molecule has 104 valence electrons. The first-order chi connectivity index (χ1) is 7.87. The molecular weight excluding hydrogens is 282 g/mol. The van der Waals surface area contributed by atoms with E-state index in [1.54, 1.807) is 0 Å². The van der Waals surface area contributed by atoms with E-state index in [4.69, 9.17) is 4.78 Å². The lowest BCUT2D eigenvalue weighted by Crippen LogP contribution is -2.54. The standard InChI is InChI=1S/C11H23N3OS2Si/c1-8-10(16-9(2)13-8)17(12,15)14-18(6,7)11(3,4)5/h1-7H3,(H2,12,14,15). The van der Waals surface area contributed by atoms with Gasteiger partial charge < -0.3 is 0 Å². The van der Waals surface area contributed by atoms with Crippen LogP contribution in [0.15, 0.2) is 4.21 Å². The lowest BCUT2D eigenvalue weighted by molar-refractivity contribution is 0.665. The third kappa shape index (κ3) is 3.20. The molecule has 1 aromatic heterocycles. The maximum absolute atomic E-state index is 12.6. The van der Waals surface area contributed by atoms with Crippen molar-refractivity contribution in [2.45, 2.75) is 57.0 Å². The summed E-state index contributed by atoms with van der Waals surface area (Å²) < 4.78 is 24.5. The van der Waals surface area contributed by atoms with Crippen molar-refractivity contribution in [1.29, 1.82) is 4.78 Å². The van der Waals surface area contributed by atoms with E-state index < -0.39 is 18.2 Å². The van der Waals surface area contributed by atoms with Crippen LogP contribution in [-0.4, -0.2) is 17.4 Å². The van der Waals surface area contributed by atoms with Crippen LogP contribution in [0, 0.1) is 18.6 Å². The SMILES string of the molecule is Cc1nc(C)c(S(=N)(=O)N[Si](C)(C)C(C)(C)C)s1. The Bertz CT molecular complexity index is 541. The van der Waals surface area contributed by atoms with Gasteiger partial charge in [0.25, 0.3) is 0 Å². The molecule has 1 unspecified atom stereocenters. The second-order valence-corrected chi connectivity index (χ2v) is 14.7. The number of hydrogen-bond donors (Lipinski definition) is 2. The maximum Gasteiger partial charge on any atom is 0.140 e. The highest BCUT2D eigenvalue weighted by Gasteiger charge is 2.39. The van der Waals surface area contributed by atoms with Crippen LogP contribution in [0.1, 0.15) is 31.5 Å². The van der Waals surface area contributed by atoms with Crippen LogP contribution in [0.2, 0.25) is 18.1 Å². The Balaban J connectivity index is 3.15. The molecule has 18 heavy (non-hydrogen) atoms. The molecule has 1 atom stereocenters. The first-order valence-corrected chi connectivity index (χ1v) is 11.3. The number of nitrogens with zero attached hydrogens (tertiary/aromatic N) is 1. The Morgan fingerprint density at radius 2 is 1.83 bits per heavy atom. The van der Waals surface area contributed by atoms with Crippen LogP contribution in [0.3, 0.4) is 0 Å². The van der Waals surface area contributed by atoms with Gasteiger partial charge in [-0.1, -0.05) is 33.9 Å². The van der Waals surface area contributed by atoms with E-state index in [0.29, 0.717) is 9.90 Å². The summed E-state index contributed by atoms with van der Waals surface area (Å²) in [6.45, 7) is 14.3. The Morgan fingerprint density at radius 3 is 2.17 bits per heavy atom. The fourth-order valence-corrected chi connectivity index (χ4v) is 8.12. The highest BCUT2D eigenvalue weighted by atomic mass is 32.2. The minimum Gasteiger partial charge on any atom is -0.248 e. The second kappa shape index (κ2) is 4.70. The van der Waals surface area contributed by atoms with Crippen molar-refractivity contribution >= 4 is 29.5 Å². The highest BCUT2D eigenvalue weighted by molar-refractivity contribution is 7.94. The molecular formula is C11H23N3OS2Si. The second-order valence-electron chi connectivity index (χ2n) is 6.14. The molecule has 7 heteroatoms. The predicted octanol–water partition coefficient (Wildman–Crippen LogP) is 3.68. The number of rotatable bonds is 3. The van der Waals surface area contributed by atoms with Gasteiger partial charge in [-0.25, -0.2) is 18.4 Å². The van der Waals surface area contributed by atoms with Gasteiger partial charge in [-0.15, -0.1) is 11.3 Å². The molecule has 2 N–H and O–H groups in total. The molecule has 0 aliphatic carbocycles. The van der Waals surface area contributed by atoms with Crippen molar-refractivity contribution in [3.63, 3.8) is 0 Å².